The first kappa shape index (κ1) is 14.8. The zero-order valence-electron chi connectivity index (χ0n) is 13.5. The highest BCUT2D eigenvalue weighted by atomic mass is 15.3. The summed E-state index contributed by atoms with van der Waals surface area (Å²) in [4.78, 5) is 5.46. The molecule has 1 aliphatic carbocycles. The minimum Gasteiger partial charge on any atom is -0.314 e. The van der Waals surface area contributed by atoms with Crippen LogP contribution in [-0.4, -0.2) is 61.2 Å². The van der Waals surface area contributed by atoms with Gasteiger partial charge in [-0.2, -0.15) is 0 Å². The number of hydrogen-bond acceptors (Lipinski definition) is 3. The Kier molecular flexibility index (Phi) is 4.68. The maximum atomic E-state index is 3.47. The van der Waals surface area contributed by atoms with E-state index in [2.05, 4.69) is 29.0 Å². The molecule has 3 heteroatoms. The minimum atomic E-state index is 0.337. The lowest BCUT2D eigenvalue weighted by Gasteiger charge is -2.47. The van der Waals surface area contributed by atoms with Gasteiger partial charge in [-0.1, -0.05) is 19.3 Å². The Balaban J connectivity index is 1.54. The molecule has 3 fully saturated rings. The molecule has 0 aromatic carbocycles. The van der Waals surface area contributed by atoms with Crippen molar-refractivity contribution in [1.29, 1.82) is 0 Å². The standard InChI is InChI=1S/C17H33N3/c1-17(2,20-11-8-18-9-12-20)14-19-10-7-15-5-3-4-6-16(15)13-19/h15-16,18H,3-14H2,1-2H3. The lowest BCUT2D eigenvalue weighted by molar-refractivity contribution is 0.0238. The molecular weight excluding hydrogens is 246 g/mol. The molecule has 0 aromatic heterocycles. The zero-order valence-corrected chi connectivity index (χ0v) is 13.5. The van der Waals surface area contributed by atoms with E-state index in [-0.39, 0.29) is 0 Å². The molecule has 3 aliphatic rings. The average Bonchev–Trinajstić information content (AvgIpc) is 2.48. The quantitative estimate of drug-likeness (QED) is 0.854. The van der Waals surface area contributed by atoms with E-state index in [1.807, 2.05) is 0 Å². The maximum Gasteiger partial charge on any atom is 0.0281 e. The Bertz CT molecular complexity index is 309. The van der Waals surface area contributed by atoms with Gasteiger partial charge in [0, 0.05) is 44.8 Å². The van der Waals surface area contributed by atoms with Crippen molar-refractivity contribution in [3.05, 3.63) is 0 Å². The Hall–Kier alpha value is -0.120. The molecular formula is C17H33N3. The summed E-state index contributed by atoms with van der Waals surface area (Å²) in [7, 11) is 0. The third-order valence-electron chi connectivity index (χ3n) is 5.96. The van der Waals surface area contributed by atoms with Crippen LogP contribution < -0.4 is 5.32 Å². The summed E-state index contributed by atoms with van der Waals surface area (Å²) >= 11 is 0. The first-order chi connectivity index (χ1) is 9.65. The Morgan fingerprint density at radius 1 is 0.950 bits per heavy atom. The largest absolute Gasteiger partial charge is 0.314 e. The monoisotopic (exact) mass is 279 g/mol. The number of hydrogen-bond donors (Lipinski definition) is 1. The Morgan fingerprint density at radius 3 is 2.40 bits per heavy atom. The van der Waals surface area contributed by atoms with E-state index in [0.29, 0.717) is 5.54 Å². The average molecular weight is 279 g/mol. The van der Waals surface area contributed by atoms with Crippen LogP contribution >= 0.6 is 0 Å². The van der Waals surface area contributed by atoms with Gasteiger partial charge in [-0.05, 0) is 45.1 Å². The van der Waals surface area contributed by atoms with E-state index in [9.17, 15) is 0 Å². The van der Waals surface area contributed by atoms with E-state index in [4.69, 9.17) is 0 Å². The van der Waals surface area contributed by atoms with Crippen molar-refractivity contribution in [2.24, 2.45) is 11.8 Å². The van der Waals surface area contributed by atoms with Crippen LogP contribution in [0.3, 0.4) is 0 Å². The second-order valence-corrected chi connectivity index (χ2v) is 7.88. The molecule has 0 spiro atoms. The zero-order chi connectivity index (χ0) is 14.0. The smallest absolute Gasteiger partial charge is 0.0281 e. The second kappa shape index (κ2) is 6.33. The summed E-state index contributed by atoms with van der Waals surface area (Å²) < 4.78 is 0. The van der Waals surface area contributed by atoms with Gasteiger partial charge in [0.15, 0.2) is 0 Å². The summed E-state index contributed by atoms with van der Waals surface area (Å²) in [5.41, 5.74) is 0.337. The molecule has 3 nitrogen and oxygen atoms in total. The van der Waals surface area contributed by atoms with Gasteiger partial charge in [0.2, 0.25) is 0 Å². The SMILES string of the molecule is CC(C)(CN1CCC2CCCCC2C1)N1CCNCC1. The fourth-order valence-electron chi connectivity index (χ4n) is 4.74. The fourth-order valence-corrected chi connectivity index (χ4v) is 4.74. The number of rotatable bonds is 3. The van der Waals surface area contributed by atoms with Gasteiger partial charge >= 0.3 is 0 Å². The van der Waals surface area contributed by atoms with Crippen LogP contribution in [0.25, 0.3) is 0 Å². The van der Waals surface area contributed by atoms with Crippen LogP contribution in [-0.2, 0) is 0 Å². The van der Waals surface area contributed by atoms with Crippen LogP contribution in [0, 0.1) is 11.8 Å². The fraction of sp³-hybridized carbons (Fsp3) is 1.00. The highest BCUT2D eigenvalue weighted by Gasteiger charge is 2.35. The molecule has 0 bridgehead atoms. The third-order valence-corrected chi connectivity index (χ3v) is 5.96. The summed E-state index contributed by atoms with van der Waals surface area (Å²) in [6, 6.07) is 0. The van der Waals surface area contributed by atoms with Gasteiger partial charge in [-0.15, -0.1) is 0 Å². The summed E-state index contributed by atoms with van der Waals surface area (Å²) in [6.07, 6.45) is 7.45. The van der Waals surface area contributed by atoms with Crippen molar-refractivity contribution in [2.75, 3.05) is 45.8 Å². The minimum absolute atomic E-state index is 0.337. The molecule has 116 valence electrons. The van der Waals surface area contributed by atoms with Crippen LogP contribution in [0.2, 0.25) is 0 Å². The normalized spacial score (nSPS) is 33.9. The summed E-state index contributed by atoms with van der Waals surface area (Å²) in [5.74, 6) is 2.07. The van der Waals surface area contributed by atoms with E-state index >= 15 is 0 Å². The van der Waals surface area contributed by atoms with Gasteiger partial charge < -0.3 is 10.2 Å². The van der Waals surface area contributed by atoms with Crippen LogP contribution in [0.15, 0.2) is 0 Å². The predicted octanol–water partition coefficient (Wildman–Crippen LogP) is 2.18. The number of piperazine rings is 1. The Morgan fingerprint density at radius 2 is 1.65 bits per heavy atom. The molecule has 1 N–H and O–H groups in total. The van der Waals surface area contributed by atoms with Crippen LogP contribution in [0.4, 0.5) is 0 Å². The molecule has 2 heterocycles. The van der Waals surface area contributed by atoms with Gasteiger partial charge in [0.1, 0.15) is 0 Å². The summed E-state index contributed by atoms with van der Waals surface area (Å²) in [5, 5.41) is 3.47. The second-order valence-electron chi connectivity index (χ2n) is 7.88. The molecule has 2 saturated heterocycles. The van der Waals surface area contributed by atoms with Crippen molar-refractivity contribution in [1.82, 2.24) is 15.1 Å². The highest BCUT2D eigenvalue weighted by molar-refractivity contribution is 4.91. The molecule has 1 saturated carbocycles. The van der Waals surface area contributed by atoms with Gasteiger partial charge in [0.25, 0.3) is 0 Å². The predicted molar refractivity (Wildman–Crippen MR) is 85.0 cm³/mol. The Labute approximate surface area is 125 Å². The van der Waals surface area contributed by atoms with Gasteiger partial charge in [-0.25, -0.2) is 0 Å². The van der Waals surface area contributed by atoms with E-state index in [0.717, 1.165) is 24.9 Å². The number of likely N-dealkylation sites (tertiary alicyclic amines) is 1. The molecule has 0 aromatic rings. The number of piperidine rings is 1. The van der Waals surface area contributed by atoms with E-state index in [1.165, 1.54) is 64.8 Å². The molecule has 0 amide bonds. The third kappa shape index (κ3) is 3.37. The molecule has 2 aliphatic heterocycles. The molecule has 0 radical (unpaired) electrons. The first-order valence-electron chi connectivity index (χ1n) is 8.83. The van der Waals surface area contributed by atoms with Crippen molar-refractivity contribution in [2.45, 2.75) is 51.5 Å². The van der Waals surface area contributed by atoms with Crippen molar-refractivity contribution in [3.8, 4) is 0 Å². The number of nitrogens with one attached hydrogen (secondary N) is 1. The molecule has 2 atom stereocenters. The van der Waals surface area contributed by atoms with E-state index in [1.54, 1.807) is 0 Å². The molecule has 3 rings (SSSR count). The number of nitrogens with zero attached hydrogens (tertiary/aromatic N) is 2. The molecule has 20 heavy (non-hydrogen) atoms. The molecule has 2 unspecified atom stereocenters. The maximum absolute atomic E-state index is 3.47. The highest BCUT2D eigenvalue weighted by Crippen LogP contribution is 2.36. The number of fused-ring (bicyclic) bond motifs is 1. The van der Waals surface area contributed by atoms with Crippen LogP contribution in [0.1, 0.15) is 46.0 Å². The van der Waals surface area contributed by atoms with Gasteiger partial charge in [0.05, 0.1) is 0 Å². The topological polar surface area (TPSA) is 18.5 Å². The van der Waals surface area contributed by atoms with Crippen molar-refractivity contribution in [3.63, 3.8) is 0 Å². The first-order valence-corrected chi connectivity index (χ1v) is 8.83. The van der Waals surface area contributed by atoms with Crippen LogP contribution in [0.5, 0.6) is 0 Å². The van der Waals surface area contributed by atoms with Crippen molar-refractivity contribution >= 4 is 0 Å². The summed E-state index contributed by atoms with van der Waals surface area (Å²) in [6.45, 7) is 13.6. The van der Waals surface area contributed by atoms with Gasteiger partial charge in [-0.3, -0.25) is 4.90 Å². The lowest BCUT2D eigenvalue weighted by Crippen LogP contribution is -2.59. The van der Waals surface area contributed by atoms with E-state index < -0.39 is 0 Å². The lowest BCUT2D eigenvalue weighted by atomic mass is 9.75. The van der Waals surface area contributed by atoms with Crippen molar-refractivity contribution < 1.29 is 0 Å².